The summed E-state index contributed by atoms with van der Waals surface area (Å²) in [5, 5.41) is 9.28. The highest BCUT2D eigenvalue weighted by molar-refractivity contribution is 7.11. The van der Waals surface area contributed by atoms with Gasteiger partial charge in [0.25, 0.3) is 5.91 Å². The average molecular weight is 394 g/mol. The van der Waals surface area contributed by atoms with Gasteiger partial charge in [-0.1, -0.05) is 13.8 Å². The Labute approximate surface area is 165 Å². The van der Waals surface area contributed by atoms with E-state index in [-0.39, 0.29) is 11.9 Å². The summed E-state index contributed by atoms with van der Waals surface area (Å²) in [5.74, 6) is 0.611. The highest BCUT2D eigenvalue weighted by Gasteiger charge is 2.45. The van der Waals surface area contributed by atoms with Crippen LogP contribution in [0.3, 0.4) is 0 Å². The number of imide groups is 1. The second kappa shape index (κ2) is 9.73. The zero-order chi connectivity index (χ0) is 19.9. The summed E-state index contributed by atoms with van der Waals surface area (Å²) < 4.78 is 0. The van der Waals surface area contributed by atoms with Crippen LogP contribution in [0.2, 0.25) is 0 Å². The van der Waals surface area contributed by atoms with Crippen molar-refractivity contribution in [3.8, 4) is 0 Å². The lowest BCUT2D eigenvalue weighted by molar-refractivity contribution is -0.130. The molecule has 3 amide bonds. The van der Waals surface area contributed by atoms with Gasteiger partial charge in [0.15, 0.2) is 5.96 Å². The van der Waals surface area contributed by atoms with Crippen molar-refractivity contribution in [3.05, 3.63) is 21.9 Å². The van der Waals surface area contributed by atoms with E-state index in [0.717, 1.165) is 18.9 Å². The van der Waals surface area contributed by atoms with Crippen LogP contribution in [-0.4, -0.2) is 48.0 Å². The molecule has 1 atom stereocenters. The Morgan fingerprint density at radius 1 is 1.22 bits per heavy atom. The van der Waals surface area contributed by atoms with Gasteiger partial charge in [-0.15, -0.1) is 11.3 Å². The molecule has 1 aromatic rings. The minimum atomic E-state index is -0.765. The molecule has 7 nitrogen and oxygen atoms in total. The Hall–Kier alpha value is -2.09. The first-order valence-corrected chi connectivity index (χ1v) is 10.5. The number of carbonyl (C=O) groups excluding carboxylic acids is 2. The summed E-state index contributed by atoms with van der Waals surface area (Å²) in [6, 6.07) is 3.98. The summed E-state index contributed by atoms with van der Waals surface area (Å²) in [6.45, 7) is 10.3. The van der Waals surface area contributed by atoms with Crippen molar-refractivity contribution in [2.45, 2.75) is 59.0 Å². The fourth-order valence-corrected chi connectivity index (χ4v) is 3.71. The molecule has 0 radical (unpaired) electrons. The molecule has 1 aliphatic rings. The zero-order valence-electron chi connectivity index (χ0n) is 16.7. The first-order chi connectivity index (χ1) is 12.9. The predicted octanol–water partition coefficient (Wildman–Crippen LogP) is 2.48. The van der Waals surface area contributed by atoms with Gasteiger partial charge in [-0.25, -0.2) is 9.79 Å². The van der Waals surface area contributed by atoms with E-state index in [0.29, 0.717) is 32.5 Å². The van der Waals surface area contributed by atoms with Crippen LogP contribution in [0.5, 0.6) is 0 Å². The normalized spacial score (nSPS) is 20.1. The third kappa shape index (κ3) is 5.45. The Bertz CT molecular complexity index is 687. The van der Waals surface area contributed by atoms with Crippen LogP contribution < -0.4 is 16.0 Å². The van der Waals surface area contributed by atoms with Gasteiger partial charge in [0.2, 0.25) is 0 Å². The molecule has 1 saturated heterocycles. The fraction of sp³-hybridized carbons (Fsp3) is 0.632. The monoisotopic (exact) mass is 393 g/mol. The molecular formula is C19H31N5O2S. The number of hydrogen-bond acceptors (Lipinski definition) is 4. The van der Waals surface area contributed by atoms with Crippen molar-refractivity contribution in [2.24, 2.45) is 4.99 Å². The van der Waals surface area contributed by atoms with Gasteiger partial charge in [0.05, 0.1) is 6.54 Å². The quantitative estimate of drug-likeness (QED) is 0.260. The SMILES string of the molecule is CCNC(=NCc1ccc(CC)s1)NCCCN1C(=O)NC(C)(CC)C1=O. The van der Waals surface area contributed by atoms with Gasteiger partial charge in [0, 0.05) is 29.4 Å². The molecule has 27 heavy (non-hydrogen) atoms. The van der Waals surface area contributed by atoms with E-state index in [4.69, 9.17) is 0 Å². The van der Waals surface area contributed by atoms with Crippen molar-refractivity contribution < 1.29 is 9.59 Å². The van der Waals surface area contributed by atoms with Crippen LogP contribution >= 0.6 is 11.3 Å². The topological polar surface area (TPSA) is 85.8 Å². The first-order valence-electron chi connectivity index (χ1n) is 9.67. The molecule has 0 spiro atoms. The minimum Gasteiger partial charge on any atom is -0.357 e. The minimum absolute atomic E-state index is 0.139. The smallest absolute Gasteiger partial charge is 0.325 e. The maximum Gasteiger partial charge on any atom is 0.325 e. The van der Waals surface area contributed by atoms with Gasteiger partial charge in [-0.2, -0.15) is 0 Å². The van der Waals surface area contributed by atoms with E-state index in [1.165, 1.54) is 14.7 Å². The summed E-state index contributed by atoms with van der Waals surface area (Å²) in [4.78, 5) is 32.9. The number of rotatable bonds is 9. The van der Waals surface area contributed by atoms with Crippen LogP contribution in [0.25, 0.3) is 0 Å². The van der Waals surface area contributed by atoms with Gasteiger partial charge >= 0.3 is 6.03 Å². The molecule has 1 fully saturated rings. The number of thiophene rings is 1. The number of hydrogen-bond donors (Lipinski definition) is 3. The Balaban J connectivity index is 1.81. The maximum absolute atomic E-state index is 12.4. The van der Waals surface area contributed by atoms with Gasteiger partial charge in [-0.05, 0) is 45.2 Å². The maximum atomic E-state index is 12.4. The number of aliphatic imine (C=N–C) groups is 1. The molecule has 1 aliphatic heterocycles. The van der Waals surface area contributed by atoms with Gasteiger partial charge < -0.3 is 16.0 Å². The number of carbonyl (C=O) groups is 2. The van der Waals surface area contributed by atoms with Crippen molar-refractivity contribution in [1.29, 1.82) is 0 Å². The summed E-state index contributed by atoms with van der Waals surface area (Å²) in [6.07, 6.45) is 2.31. The summed E-state index contributed by atoms with van der Waals surface area (Å²) in [5.41, 5.74) is -0.765. The number of amides is 3. The third-order valence-corrected chi connectivity index (χ3v) is 5.92. The van der Waals surface area contributed by atoms with Crippen molar-refractivity contribution >= 4 is 29.2 Å². The summed E-state index contributed by atoms with van der Waals surface area (Å²) in [7, 11) is 0. The lowest BCUT2D eigenvalue weighted by Gasteiger charge is -2.19. The van der Waals surface area contributed by atoms with E-state index >= 15 is 0 Å². The van der Waals surface area contributed by atoms with E-state index in [9.17, 15) is 9.59 Å². The standard InChI is InChI=1S/C19H31N5O2S/c1-5-14-9-10-15(27-14)13-22-17(20-7-3)21-11-8-12-24-16(25)19(4,6-2)23-18(24)26/h9-10H,5-8,11-13H2,1-4H3,(H,23,26)(H2,20,21,22). The number of aryl methyl sites for hydroxylation is 1. The van der Waals surface area contributed by atoms with Crippen molar-refractivity contribution in [2.75, 3.05) is 19.6 Å². The van der Waals surface area contributed by atoms with Crippen LogP contribution in [-0.2, 0) is 17.8 Å². The molecule has 8 heteroatoms. The number of urea groups is 1. The van der Waals surface area contributed by atoms with Crippen LogP contribution in [0.15, 0.2) is 17.1 Å². The highest BCUT2D eigenvalue weighted by Crippen LogP contribution is 2.20. The molecule has 0 saturated carbocycles. The largest absolute Gasteiger partial charge is 0.357 e. The predicted molar refractivity (Wildman–Crippen MR) is 110 cm³/mol. The lowest BCUT2D eigenvalue weighted by Crippen LogP contribution is -2.43. The fourth-order valence-electron chi connectivity index (χ4n) is 2.83. The number of nitrogens with one attached hydrogen (secondary N) is 3. The Morgan fingerprint density at radius 2 is 1.96 bits per heavy atom. The van der Waals surface area contributed by atoms with Crippen LogP contribution in [0.4, 0.5) is 4.79 Å². The molecule has 1 aromatic heterocycles. The second-order valence-corrected chi connectivity index (χ2v) is 8.02. The van der Waals surface area contributed by atoms with Crippen molar-refractivity contribution in [3.63, 3.8) is 0 Å². The van der Waals surface area contributed by atoms with E-state index in [1.807, 2.05) is 13.8 Å². The average Bonchev–Trinajstić information content (AvgIpc) is 3.20. The van der Waals surface area contributed by atoms with E-state index < -0.39 is 5.54 Å². The van der Waals surface area contributed by atoms with E-state index in [1.54, 1.807) is 18.3 Å². The van der Waals surface area contributed by atoms with Gasteiger partial charge in [-0.3, -0.25) is 9.69 Å². The molecule has 2 rings (SSSR count). The second-order valence-electron chi connectivity index (χ2n) is 6.77. The first kappa shape index (κ1) is 21.2. The van der Waals surface area contributed by atoms with Gasteiger partial charge in [0.1, 0.15) is 5.54 Å². The van der Waals surface area contributed by atoms with E-state index in [2.05, 4.69) is 40.0 Å². The molecule has 3 N–H and O–H groups in total. The van der Waals surface area contributed by atoms with Crippen molar-refractivity contribution in [1.82, 2.24) is 20.9 Å². The van der Waals surface area contributed by atoms with Crippen LogP contribution in [0.1, 0.15) is 50.3 Å². The van der Waals surface area contributed by atoms with Crippen LogP contribution in [0, 0.1) is 0 Å². The third-order valence-electron chi connectivity index (χ3n) is 4.71. The number of guanidine groups is 1. The Kier molecular flexibility index (Phi) is 7.65. The molecule has 0 aromatic carbocycles. The number of nitrogens with zero attached hydrogens (tertiary/aromatic N) is 2. The molecule has 2 heterocycles. The molecule has 0 bridgehead atoms. The summed E-state index contributed by atoms with van der Waals surface area (Å²) >= 11 is 1.79. The molecule has 0 aliphatic carbocycles. The highest BCUT2D eigenvalue weighted by atomic mass is 32.1. The molecule has 150 valence electrons. The molecular weight excluding hydrogens is 362 g/mol. The molecule has 1 unspecified atom stereocenters. The lowest BCUT2D eigenvalue weighted by atomic mass is 9.99. The zero-order valence-corrected chi connectivity index (χ0v) is 17.5. The Morgan fingerprint density at radius 3 is 2.56 bits per heavy atom.